The molecule has 0 saturated heterocycles. The summed E-state index contributed by atoms with van der Waals surface area (Å²) in [7, 11) is 0. The van der Waals surface area contributed by atoms with Gasteiger partial charge in [-0.25, -0.2) is 0 Å². The van der Waals surface area contributed by atoms with E-state index in [1.165, 1.54) is 16.7 Å². The van der Waals surface area contributed by atoms with Crippen molar-refractivity contribution >= 4 is 0 Å². The fraction of sp³-hybridized carbons (Fsp3) is 0.294. The van der Waals surface area contributed by atoms with Crippen LogP contribution in [0.5, 0.6) is 0 Å². The van der Waals surface area contributed by atoms with Gasteiger partial charge < -0.3 is 5.11 Å². The van der Waals surface area contributed by atoms with E-state index in [0.29, 0.717) is 6.42 Å². The second-order valence-corrected chi connectivity index (χ2v) is 5.31. The Kier molecular flexibility index (Phi) is 3.53. The van der Waals surface area contributed by atoms with Crippen molar-refractivity contribution in [2.24, 2.45) is 0 Å². The van der Waals surface area contributed by atoms with Gasteiger partial charge in [-0.1, -0.05) is 59.7 Å². The summed E-state index contributed by atoms with van der Waals surface area (Å²) in [5.41, 5.74) is 3.81. The Morgan fingerprint density at radius 1 is 0.944 bits per heavy atom. The minimum atomic E-state index is -0.818. The Morgan fingerprint density at radius 3 is 2.06 bits per heavy atom. The van der Waals surface area contributed by atoms with Gasteiger partial charge in [-0.05, 0) is 31.9 Å². The highest BCUT2D eigenvalue weighted by atomic mass is 16.3. The number of rotatable bonds is 3. The minimum absolute atomic E-state index is 0.638. The lowest BCUT2D eigenvalue weighted by atomic mass is 9.88. The molecule has 0 amide bonds. The molecule has 0 spiro atoms. The summed E-state index contributed by atoms with van der Waals surface area (Å²) in [4.78, 5) is 0. The van der Waals surface area contributed by atoms with Crippen LogP contribution in [0, 0.1) is 13.8 Å². The summed E-state index contributed by atoms with van der Waals surface area (Å²) in [6.45, 7) is 6.06. The highest BCUT2D eigenvalue weighted by molar-refractivity contribution is 5.31. The van der Waals surface area contributed by atoms with Crippen molar-refractivity contribution in [2.45, 2.75) is 32.8 Å². The van der Waals surface area contributed by atoms with Gasteiger partial charge >= 0.3 is 0 Å². The van der Waals surface area contributed by atoms with E-state index in [0.717, 1.165) is 5.56 Å². The molecule has 0 aliphatic heterocycles. The molecule has 0 aliphatic rings. The van der Waals surface area contributed by atoms with Crippen LogP contribution < -0.4 is 0 Å². The summed E-state index contributed by atoms with van der Waals surface area (Å²) in [6.07, 6.45) is 0.638. The number of benzene rings is 2. The predicted molar refractivity (Wildman–Crippen MR) is 75.6 cm³/mol. The van der Waals surface area contributed by atoms with E-state index in [1.54, 1.807) is 0 Å². The van der Waals surface area contributed by atoms with E-state index in [4.69, 9.17) is 0 Å². The zero-order chi connectivity index (χ0) is 13.2. The molecule has 1 N–H and O–H groups in total. The molecule has 1 atom stereocenters. The molecule has 2 aromatic carbocycles. The Hall–Kier alpha value is -1.60. The number of hydrogen-bond acceptors (Lipinski definition) is 1. The van der Waals surface area contributed by atoms with E-state index in [-0.39, 0.29) is 0 Å². The van der Waals surface area contributed by atoms with Gasteiger partial charge in [0, 0.05) is 6.42 Å². The number of aryl methyl sites for hydroxylation is 2. The molecular weight excluding hydrogens is 220 g/mol. The standard InChI is InChI=1S/C17H20O/c1-13-9-14(2)11-15(10-13)12-17(3,18)16-7-5-4-6-8-16/h4-11,18H,12H2,1-3H3. The highest BCUT2D eigenvalue weighted by Crippen LogP contribution is 2.25. The Balaban J connectivity index is 2.27. The van der Waals surface area contributed by atoms with Crippen LogP contribution in [0.3, 0.4) is 0 Å². The number of aliphatic hydroxyl groups is 1. The van der Waals surface area contributed by atoms with Gasteiger partial charge in [0.1, 0.15) is 0 Å². The first-order chi connectivity index (χ1) is 8.47. The molecule has 0 fully saturated rings. The third-order valence-electron chi connectivity index (χ3n) is 3.23. The van der Waals surface area contributed by atoms with Crippen LogP contribution >= 0.6 is 0 Å². The zero-order valence-corrected chi connectivity index (χ0v) is 11.3. The first kappa shape index (κ1) is 12.8. The van der Waals surface area contributed by atoms with Gasteiger partial charge in [-0.15, -0.1) is 0 Å². The Morgan fingerprint density at radius 2 is 1.50 bits per heavy atom. The van der Waals surface area contributed by atoms with Gasteiger partial charge in [0.15, 0.2) is 0 Å². The summed E-state index contributed by atoms with van der Waals surface area (Å²) >= 11 is 0. The van der Waals surface area contributed by atoms with Gasteiger partial charge in [0.25, 0.3) is 0 Å². The van der Waals surface area contributed by atoms with E-state index in [1.807, 2.05) is 37.3 Å². The quantitative estimate of drug-likeness (QED) is 0.866. The fourth-order valence-corrected chi connectivity index (χ4v) is 2.47. The van der Waals surface area contributed by atoms with E-state index in [9.17, 15) is 5.11 Å². The van der Waals surface area contributed by atoms with Crippen molar-refractivity contribution in [2.75, 3.05) is 0 Å². The molecule has 18 heavy (non-hydrogen) atoms. The van der Waals surface area contributed by atoms with E-state index < -0.39 is 5.60 Å². The minimum Gasteiger partial charge on any atom is -0.385 e. The predicted octanol–water partition coefficient (Wildman–Crippen LogP) is 3.75. The molecule has 1 nitrogen and oxygen atoms in total. The van der Waals surface area contributed by atoms with E-state index >= 15 is 0 Å². The van der Waals surface area contributed by atoms with Crippen molar-refractivity contribution < 1.29 is 5.11 Å². The van der Waals surface area contributed by atoms with Crippen LogP contribution in [0.4, 0.5) is 0 Å². The molecule has 2 rings (SSSR count). The maximum Gasteiger partial charge on any atom is 0.0908 e. The monoisotopic (exact) mass is 240 g/mol. The molecular formula is C17H20O. The first-order valence-electron chi connectivity index (χ1n) is 6.32. The van der Waals surface area contributed by atoms with Crippen LogP contribution in [0.25, 0.3) is 0 Å². The van der Waals surface area contributed by atoms with Crippen molar-refractivity contribution in [3.63, 3.8) is 0 Å². The maximum absolute atomic E-state index is 10.6. The lowest BCUT2D eigenvalue weighted by Crippen LogP contribution is -2.24. The van der Waals surface area contributed by atoms with Gasteiger partial charge in [-0.3, -0.25) is 0 Å². The average molecular weight is 240 g/mol. The molecule has 0 radical (unpaired) electrons. The molecule has 0 aromatic heterocycles. The molecule has 0 saturated carbocycles. The Labute approximate surface area is 109 Å². The number of hydrogen-bond donors (Lipinski definition) is 1. The smallest absolute Gasteiger partial charge is 0.0908 e. The molecule has 0 aliphatic carbocycles. The summed E-state index contributed by atoms with van der Waals surface area (Å²) in [5, 5.41) is 10.6. The Bertz CT molecular complexity index is 506. The first-order valence-corrected chi connectivity index (χ1v) is 6.32. The third kappa shape index (κ3) is 2.99. The summed E-state index contributed by atoms with van der Waals surface area (Å²) in [5.74, 6) is 0. The molecule has 1 unspecified atom stereocenters. The van der Waals surface area contributed by atoms with Gasteiger partial charge in [0.2, 0.25) is 0 Å². The fourth-order valence-electron chi connectivity index (χ4n) is 2.47. The van der Waals surface area contributed by atoms with Gasteiger partial charge in [0.05, 0.1) is 5.60 Å². The third-order valence-corrected chi connectivity index (χ3v) is 3.23. The summed E-state index contributed by atoms with van der Waals surface area (Å²) in [6, 6.07) is 16.3. The molecule has 94 valence electrons. The topological polar surface area (TPSA) is 20.2 Å². The van der Waals surface area contributed by atoms with Crippen LogP contribution in [0.2, 0.25) is 0 Å². The molecule has 0 bridgehead atoms. The molecule has 2 aromatic rings. The van der Waals surface area contributed by atoms with Crippen molar-refractivity contribution in [1.82, 2.24) is 0 Å². The van der Waals surface area contributed by atoms with Crippen molar-refractivity contribution in [3.8, 4) is 0 Å². The van der Waals surface area contributed by atoms with Crippen molar-refractivity contribution in [1.29, 1.82) is 0 Å². The SMILES string of the molecule is Cc1cc(C)cc(CC(C)(O)c2ccccc2)c1. The lowest BCUT2D eigenvalue weighted by molar-refractivity contribution is 0.0576. The summed E-state index contributed by atoms with van der Waals surface area (Å²) < 4.78 is 0. The molecule has 1 heteroatoms. The van der Waals surface area contributed by atoms with Crippen LogP contribution in [0.15, 0.2) is 48.5 Å². The average Bonchev–Trinajstić information content (AvgIpc) is 2.28. The van der Waals surface area contributed by atoms with Crippen LogP contribution in [-0.4, -0.2) is 5.11 Å². The van der Waals surface area contributed by atoms with Gasteiger partial charge in [-0.2, -0.15) is 0 Å². The highest BCUT2D eigenvalue weighted by Gasteiger charge is 2.23. The normalized spacial score (nSPS) is 14.2. The lowest BCUT2D eigenvalue weighted by Gasteiger charge is -2.24. The van der Waals surface area contributed by atoms with Crippen LogP contribution in [-0.2, 0) is 12.0 Å². The largest absolute Gasteiger partial charge is 0.385 e. The van der Waals surface area contributed by atoms with Crippen molar-refractivity contribution in [3.05, 3.63) is 70.8 Å². The second-order valence-electron chi connectivity index (χ2n) is 5.31. The molecule has 0 heterocycles. The second kappa shape index (κ2) is 4.95. The van der Waals surface area contributed by atoms with Crippen LogP contribution in [0.1, 0.15) is 29.2 Å². The van der Waals surface area contributed by atoms with E-state index in [2.05, 4.69) is 32.0 Å². The zero-order valence-electron chi connectivity index (χ0n) is 11.3. The maximum atomic E-state index is 10.6.